The van der Waals surface area contributed by atoms with Crippen LogP contribution in [0.2, 0.25) is 0 Å². The Kier molecular flexibility index (Phi) is 7.62. The van der Waals surface area contributed by atoms with Crippen LogP contribution in [0.1, 0.15) is 25.0 Å². The van der Waals surface area contributed by atoms with Crippen LogP contribution >= 0.6 is 0 Å². The zero-order chi connectivity index (χ0) is 20.5. The second kappa shape index (κ2) is 10.1. The molecule has 28 heavy (non-hydrogen) atoms. The van der Waals surface area contributed by atoms with Gasteiger partial charge in [0, 0.05) is 30.3 Å². The highest BCUT2D eigenvalue weighted by atomic mass is 16.6. The van der Waals surface area contributed by atoms with Crippen molar-refractivity contribution in [2.24, 2.45) is 0 Å². The molecule has 0 aliphatic carbocycles. The van der Waals surface area contributed by atoms with E-state index in [9.17, 15) is 14.9 Å². The van der Waals surface area contributed by atoms with Crippen LogP contribution in [-0.2, 0) is 17.6 Å². The first kappa shape index (κ1) is 21.0. The predicted molar refractivity (Wildman–Crippen MR) is 108 cm³/mol. The lowest BCUT2D eigenvalue weighted by atomic mass is 10.0. The molecule has 0 radical (unpaired) electrons. The van der Waals surface area contributed by atoms with Crippen LogP contribution in [0.5, 0.6) is 11.5 Å². The molecule has 0 saturated carbocycles. The molecular formula is C20H25N3O5. The van der Waals surface area contributed by atoms with Crippen molar-refractivity contribution >= 4 is 23.3 Å². The number of anilines is 2. The first-order chi connectivity index (χ1) is 13.6. The monoisotopic (exact) mass is 387 g/mol. The summed E-state index contributed by atoms with van der Waals surface area (Å²) in [6, 6.07) is 8.28. The smallest absolute Gasteiger partial charge is 0.294 e. The minimum absolute atomic E-state index is 0.0621. The van der Waals surface area contributed by atoms with E-state index in [1.54, 1.807) is 12.1 Å². The highest BCUT2D eigenvalue weighted by molar-refractivity contribution is 5.67. The van der Waals surface area contributed by atoms with Gasteiger partial charge in [-0.1, -0.05) is 26.0 Å². The number of carbonyl (C=O) groups excluding carboxylic acids is 1. The van der Waals surface area contributed by atoms with E-state index in [0.29, 0.717) is 49.1 Å². The summed E-state index contributed by atoms with van der Waals surface area (Å²) in [7, 11) is 0. The van der Waals surface area contributed by atoms with Crippen LogP contribution in [0.25, 0.3) is 0 Å². The highest BCUT2D eigenvalue weighted by Gasteiger charge is 2.20. The summed E-state index contributed by atoms with van der Waals surface area (Å²) in [4.78, 5) is 21.5. The molecule has 0 bridgehead atoms. The van der Waals surface area contributed by atoms with Crippen LogP contribution in [0.15, 0.2) is 30.3 Å². The summed E-state index contributed by atoms with van der Waals surface area (Å²) in [5.74, 6) is 1.25. The number of fused-ring (bicyclic) bond motifs is 1. The Labute approximate surface area is 163 Å². The summed E-state index contributed by atoms with van der Waals surface area (Å²) < 4.78 is 11.4. The topological polar surface area (TPSA) is 117 Å². The van der Waals surface area contributed by atoms with Crippen molar-refractivity contribution in [3.63, 3.8) is 0 Å². The number of hydrogen-bond donors (Lipinski definition) is 2. The van der Waals surface area contributed by atoms with Gasteiger partial charge < -0.3 is 25.3 Å². The van der Waals surface area contributed by atoms with Gasteiger partial charge >= 0.3 is 0 Å². The number of nitrogens with one attached hydrogen (secondary N) is 1. The summed E-state index contributed by atoms with van der Waals surface area (Å²) >= 11 is 0. The third-order valence-electron chi connectivity index (χ3n) is 4.08. The molecule has 0 amide bonds. The number of ether oxygens (including phenoxy) is 2. The highest BCUT2D eigenvalue weighted by Crippen LogP contribution is 2.38. The summed E-state index contributed by atoms with van der Waals surface area (Å²) in [5.41, 5.74) is 8.01. The Balaban J connectivity index is 0.00000136. The predicted octanol–water partition coefficient (Wildman–Crippen LogP) is 3.37. The number of hydrogen-bond acceptors (Lipinski definition) is 7. The van der Waals surface area contributed by atoms with E-state index >= 15 is 0 Å². The Morgan fingerprint density at radius 3 is 2.43 bits per heavy atom. The SMILES string of the molecule is CC.Nc1ccc(NCCc2ccc(CC=O)c3c2OCCO3)c([N+](=O)[O-])c1. The van der Waals surface area contributed by atoms with E-state index in [-0.39, 0.29) is 12.1 Å². The average molecular weight is 387 g/mol. The molecule has 0 unspecified atom stereocenters. The zero-order valence-electron chi connectivity index (χ0n) is 16.1. The van der Waals surface area contributed by atoms with Crippen molar-refractivity contribution in [3.05, 3.63) is 51.6 Å². The molecule has 0 saturated heterocycles. The Morgan fingerprint density at radius 2 is 1.79 bits per heavy atom. The summed E-state index contributed by atoms with van der Waals surface area (Å²) in [5, 5.41) is 14.2. The van der Waals surface area contributed by atoms with Gasteiger partial charge in [0.2, 0.25) is 0 Å². The molecule has 1 aliphatic rings. The number of benzene rings is 2. The quantitative estimate of drug-likeness (QED) is 0.324. The first-order valence-electron chi connectivity index (χ1n) is 9.22. The van der Waals surface area contributed by atoms with E-state index in [4.69, 9.17) is 15.2 Å². The lowest BCUT2D eigenvalue weighted by Gasteiger charge is -2.23. The first-order valence-corrected chi connectivity index (χ1v) is 9.22. The van der Waals surface area contributed by atoms with E-state index in [1.807, 2.05) is 26.0 Å². The second-order valence-corrected chi connectivity index (χ2v) is 5.82. The van der Waals surface area contributed by atoms with Gasteiger partial charge in [0.25, 0.3) is 5.69 Å². The molecule has 3 N–H and O–H groups in total. The molecule has 2 aromatic rings. The number of rotatable bonds is 7. The van der Waals surface area contributed by atoms with Gasteiger partial charge in [0.15, 0.2) is 11.5 Å². The number of nitrogens with two attached hydrogens (primary N) is 1. The molecule has 8 nitrogen and oxygen atoms in total. The summed E-state index contributed by atoms with van der Waals surface area (Å²) in [6.45, 7) is 5.35. The minimum Gasteiger partial charge on any atom is -0.486 e. The molecule has 1 heterocycles. The zero-order valence-corrected chi connectivity index (χ0v) is 16.1. The van der Waals surface area contributed by atoms with E-state index in [2.05, 4.69) is 5.32 Å². The third-order valence-corrected chi connectivity index (χ3v) is 4.08. The fourth-order valence-electron chi connectivity index (χ4n) is 2.88. The Hall–Kier alpha value is -3.29. The van der Waals surface area contributed by atoms with Gasteiger partial charge in [-0.25, -0.2) is 0 Å². The molecule has 1 aliphatic heterocycles. The Morgan fingerprint density at radius 1 is 1.14 bits per heavy atom. The standard InChI is InChI=1S/C18H19N3O5.C2H6/c19-14-3-4-15(16(11-14)21(23)24)20-7-5-12-1-2-13(6-8-22)18-17(12)25-9-10-26-18;1-2/h1-4,8,11,20H,5-7,9-10,19H2;1-2H3. The molecule has 0 atom stereocenters. The lowest BCUT2D eigenvalue weighted by molar-refractivity contribution is -0.383. The van der Waals surface area contributed by atoms with Crippen LogP contribution < -0.4 is 20.5 Å². The number of nitrogen functional groups attached to an aromatic ring is 1. The molecular weight excluding hydrogens is 362 g/mol. The van der Waals surface area contributed by atoms with Gasteiger partial charge in [-0.3, -0.25) is 10.1 Å². The van der Waals surface area contributed by atoms with Crippen LogP contribution in [-0.4, -0.2) is 31.0 Å². The molecule has 8 heteroatoms. The van der Waals surface area contributed by atoms with E-state index in [1.165, 1.54) is 6.07 Å². The van der Waals surface area contributed by atoms with Crippen LogP contribution in [0.3, 0.4) is 0 Å². The van der Waals surface area contributed by atoms with Crippen molar-refractivity contribution in [2.45, 2.75) is 26.7 Å². The van der Waals surface area contributed by atoms with Crippen molar-refractivity contribution < 1.29 is 19.2 Å². The third kappa shape index (κ3) is 4.91. The molecule has 0 fully saturated rings. The maximum atomic E-state index is 11.1. The van der Waals surface area contributed by atoms with Crippen molar-refractivity contribution in [1.82, 2.24) is 0 Å². The van der Waals surface area contributed by atoms with Crippen LogP contribution in [0.4, 0.5) is 17.1 Å². The molecule has 0 aromatic heterocycles. The Bertz CT molecular complexity index is 839. The fraction of sp³-hybridized carbons (Fsp3) is 0.350. The fourth-order valence-corrected chi connectivity index (χ4v) is 2.88. The molecule has 3 rings (SSSR count). The van der Waals surface area contributed by atoms with Gasteiger partial charge in [0.05, 0.1) is 4.92 Å². The second-order valence-electron chi connectivity index (χ2n) is 5.82. The van der Waals surface area contributed by atoms with Gasteiger partial charge in [-0.2, -0.15) is 0 Å². The van der Waals surface area contributed by atoms with Crippen molar-refractivity contribution in [3.8, 4) is 11.5 Å². The molecule has 150 valence electrons. The molecule has 0 spiro atoms. The maximum Gasteiger partial charge on any atom is 0.294 e. The molecule has 2 aromatic carbocycles. The van der Waals surface area contributed by atoms with Crippen LogP contribution in [0, 0.1) is 10.1 Å². The average Bonchev–Trinajstić information content (AvgIpc) is 2.72. The minimum atomic E-state index is -0.467. The van der Waals surface area contributed by atoms with Gasteiger partial charge in [-0.05, 0) is 24.1 Å². The number of aldehydes is 1. The van der Waals surface area contributed by atoms with Gasteiger partial charge in [0.1, 0.15) is 25.2 Å². The number of carbonyl (C=O) groups is 1. The number of nitrogens with zero attached hydrogens (tertiary/aromatic N) is 1. The van der Waals surface area contributed by atoms with E-state index < -0.39 is 4.92 Å². The largest absolute Gasteiger partial charge is 0.486 e. The number of nitro groups is 1. The number of nitro benzene ring substituents is 1. The van der Waals surface area contributed by atoms with Crippen molar-refractivity contribution in [2.75, 3.05) is 30.8 Å². The van der Waals surface area contributed by atoms with Gasteiger partial charge in [-0.15, -0.1) is 0 Å². The normalized spacial score (nSPS) is 11.8. The summed E-state index contributed by atoms with van der Waals surface area (Å²) in [6.07, 6.45) is 1.67. The lowest BCUT2D eigenvalue weighted by Crippen LogP contribution is -2.19. The van der Waals surface area contributed by atoms with E-state index in [0.717, 1.165) is 17.4 Å². The maximum absolute atomic E-state index is 11.1. The van der Waals surface area contributed by atoms with Crippen molar-refractivity contribution in [1.29, 1.82) is 0 Å².